The number of nitrogens with zero attached hydrogens (tertiary/aromatic N) is 5. The zero-order valence-electron chi connectivity index (χ0n) is 19.4. The van der Waals surface area contributed by atoms with Gasteiger partial charge in [0.15, 0.2) is 5.11 Å². The Balaban J connectivity index is 1.31. The lowest BCUT2D eigenvalue weighted by molar-refractivity contribution is 0.227. The molecule has 6 nitrogen and oxygen atoms in total. The van der Waals surface area contributed by atoms with Crippen molar-refractivity contribution in [1.82, 2.24) is 19.9 Å². The molecule has 5 rings (SSSR count). The maximum Gasteiger partial charge on any atom is 0.173 e. The van der Waals surface area contributed by atoms with E-state index in [0.717, 1.165) is 58.4 Å². The van der Waals surface area contributed by atoms with E-state index in [0.29, 0.717) is 5.92 Å². The molecule has 172 valence electrons. The maximum atomic E-state index is 5.89. The van der Waals surface area contributed by atoms with Crippen molar-refractivity contribution in [3.63, 3.8) is 0 Å². The largest absolute Gasteiger partial charge is 0.351 e. The van der Waals surface area contributed by atoms with Gasteiger partial charge in [-0.15, -0.1) is 0 Å². The Labute approximate surface area is 205 Å². The highest BCUT2D eigenvalue weighted by Crippen LogP contribution is 2.26. The summed E-state index contributed by atoms with van der Waals surface area (Å²) in [6, 6.07) is 20.5. The lowest BCUT2D eigenvalue weighted by atomic mass is 10.00. The van der Waals surface area contributed by atoms with E-state index in [9.17, 15) is 0 Å². The molecule has 1 aliphatic rings. The molecular weight excluding hydrogens is 440 g/mol. The number of rotatable bonds is 4. The molecule has 4 aromatic rings. The van der Waals surface area contributed by atoms with Crippen LogP contribution in [0.25, 0.3) is 22.2 Å². The SMILES string of the molecule is CC(C)C1CN(c2cnc(-c3ccccc3)cn2)CCN1C(=S)Nc1cccc2ncccc12. The Morgan fingerprint density at radius 1 is 0.941 bits per heavy atom. The predicted octanol–water partition coefficient (Wildman–Crippen LogP) is 5.24. The first kappa shape index (κ1) is 22.2. The molecule has 2 aromatic heterocycles. The number of pyridine rings is 1. The van der Waals surface area contributed by atoms with Crippen LogP contribution in [0.15, 0.2) is 79.3 Å². The lowest BCUT2D eigenvalue weighted by Gasteiger charge is -2.45. The molecule has 0 saturated carbocycles. The number of anilines is 2. The molecule has 0 bridgehead atoms. The van der Waals surface area contributed by atoms with Gasteiger partial charge in [-0.3, -0.25) is 9.97 Å². The molecule has 7 heteroatoms. The number of nitrogens with one attached hydrogen (secondary N) is 1. The summed E-state index contributed by atoms with van der Waals surface area (Å²) in [7, 11) is 0. The Morgan fingerprint density at radius 3 is 2.56 bits per heavy atom. The molecule has 1 aliphatic heterocycles. The second kappa shape index (κ2) is 9.73. The summed E-state index contributed by atoms with van der Waals surface area (Å²) < 4.78 is 0. The molecule has 2 aromatic carbocycles. The fourth-order valence-corrected chi connectivity index (χ4v) is 4.82. The topological polar surface area (TPSA) is 57.2 Å². The Morgan fingerprint density at radius 2 is 1.79 bits per heavy atom. The van der Waals surface area contributed by atoms with E-state index in [1.165, 1.54) is 0 Å². The number of hydrogen-bond donors (Lipinski definition) is 1. The van der Waals surface area contributed by atoms with E-state index in [-0.39, 0.29) is 6.04 Å². The van der Waals surface area contributed by atoms with Gasteiger partial charge in [0.05, 0.1) is 29.6 Å². The van der Waals surface area contributed by atoms with Gasteiger partial charge >= 0.3 is 0 Å². The van der Waals surface area contributed by atoms with Crippen molar-refractivity contribution >= 4 is 39.7 Å². The smallest absolute Gasteiger partial charge is 0.173 e. The summed E-state index contributed by atoms with van der Waals surface area (Å²) in [6.07, 6.45) is 5.56. The minimum Gasteiger partial charge on any atom is -0.351 e. The number of piperazine rings is 1. The van der Waals surface area contributed by atoms with Gasteiger partial charge in [-0.2, -0.15) is 0 Å². The van der Waals surface area contributed by atoms with E-state index >= 15 is 0 Å². The molecule has 34 heavy (non-hydrogen) atoms. The van der Waals surface area contributed by atoms with E-state index in [4.69, 9.17) is 17.2 Å². The van der Waals surface area contributed by atoms with Crippen LogP contribution in [-0.2, 0) is 0 Å². The Kier molecular flexibility index (Phi) is 6.36. The zero-order valence-corrected chi connectivity index (χ0v) is 20.2. The van der Waals surface area contributed by atoms with Crippen molar-refractivity contribution in [2.24, 2.45) is 5.92 Å². The van der Waals surface area contributed by atoms with Gasteiger partial charge in [0.1, 0.15) is 5.82 Å². The highest BCUT2D eigenvalue weighted by Gasteiger charge is 2.31. The monoisotopic (exact) mass is 468 g/mol. The van der Waals surface area contributed by atoms with Crippen molar-refractivity contribution in [1.29, 1.82) is 0 Å². The molecule has 3 heterocycles. The summed E-state index contributed by atoms with van der Waals surface area (Å²) in [4.78, 5) is 18.5. The summed E-state index contributed by atoms with van der Waals surface area (Å²) in [5.41, 5.74) is 3.91. The third-order valence-corrected chi connectivity index (χ3v) is 6.70. The van der Waals surface area contributed by atoms with E-state index in [1.54, 1.807) is 0 Å². The van der Waals surface area contributed by atoms with Crippen LogP contribution in [0, 0.1) is 5.92 Å². The lowest BCUT2D eigenvalue weighted by Crippen LogP contribution is -2.58. The van der Waals surface area contributed by atoms with Gasteiger partial charge in [-0.1, -0.05) is 50.2 Å². The molecular formula is C27H28N6S. The average molecular weight is 469 g/mol. The van der Waals surface area contributed by atoms with Crippen LogP contribution in [0.4, 0.5) is 11.5 Å². The first-order chi connectivity index (χ1) is 16.6. The number of benzene rings is 2. The van der Waals surface area contributed by atoms with Crippen molar-refractivity contribution in [3.05, 3.63) is 79.3 Å². The maximum absolute atomic E-state index is 5.89. The molecule has 1 fully saturated rings. The van der Waals surface area contributed by atoms with Crippen LogP contribution in [-0.4, -0.2) is 50.6 Å². The van der Waals surface area contributed by atoms with Gasteiger partial charge in [0, 0.05) is 42.5 Å². The summed E-state index contributed by atoms with van der Waals surface area (Å²) in [5, 5.41) is 5.31. The van der Waals surface area contributed by atoms with Crippen LogP contribution in [0.5, 0.6) is 0 Å². The molecule has 0 aliphatic carbocycles. The number of aromatic nitrogens is 3. The summed E-state index contributed by atoms with van der Waals surface area (Å²) in [6.45, 7) is 6.99. The van der Waals surface area contributed by atoms with Crippen molar-refractivity contribution in [2.75, 3.05) is 29.9 Å². The van der Waals surface area contributed by atoms with Crippen LogP contribution in [0.1, 0.15) is 13.8 Å². The average Bonchev–Trinajstić information content (AvgIpc) is 2.89. The van der Waals surface area contributed by atoms with Gasteiger partial charge in [-0.25, -0.2) is 4.98 Å². The van der Waals surface area contributed by atoms with E-state index in [2.05, 4.69) is 63.2 Å². The van der Waals surface area contributed by atoms with E-state index < -0.39 is 0 Å². The third kappa shape index (κ3) is 4.56. The number of fused-ring (bicyclic) bond motifs is 1. The minimum absolute atomic E-state index is 0.262. The summed E-state index contributed by atoms with van der Waals surface area (Å²) >= 11 is 5.89. The van der Waals surface area contributed by atoms with Gasteiger partial charge < -0.3 is 15.1 Å². The normalized spacial score (nSPS) is 16.1. The van der Waals surface area contributed by atoms with Crippen molar-refractivity contribution in [2.45, 2.75) is 19.9 Å². The van der Waals surface area contributed by atoms with Gasteiger partial charge in [-0.05, 0) is 42.4 Å². The number of hydrogen-bond acceptors (Lipinski definition) is 5. The third-order valence-electron chi connectivity index (χ3n) is 6.37. The highest BCUT2D eigenvalue weighted by atomic mass is 32.1. The van der Waals surface area contributed by atoms with Crippen molar-refractivity contribution < 1.29 is 0 Å². The minimum atomic E-state index is 0.262. The molecule has 1 unspecified atom stereocenters. The molecule has 0 amide bonds. The van der Waals surface area contributed by atoms with Crippen LogP contribution >= 0.6 is 12.2 Å². The fraction of sp³-hybridized carbons (Fsp3) is 0.259. The number of thiocarbonyl (C=S) groups is 1. The predicted molar refractivity (Wildman–Crippen MR) is 143 cm³/mol. The second-order valence-electron chi connectivity index (χ2n) is 8.88. The van der Waals surface area contributed by atoms with E-state index in [1.807, 2.05) is 55.0 Å². The molecule has 1 saturated heterocycles. The molecule has 1 atom stereocenters. The first-order valence-electron chi connectivity index (χ1n) is 11.6. The second-order valence-corrected chi connectivity index (χ2v) is 9.27. The molecule has 0 radical (unpaired) electrons. The Bertz CT molecular complexity index is 1270. The van der Waals surface area contributed by atoms with Crippen LogP contribution < -0.4 is 10.2 Å². The highest BCUT2D eigenvalue weighted by molar-refractivity contribution is 7.80. The molecule has 0 spiro atoms. The molecule has 1 N–H and O–H groups in total. The van der Waals surface area contributed by atoms with Crippen LogP contribution in [0.3, 0.4) is 0 Å². The van der Waals surface area contributed by atoms with Crippen molar-refractivity contribution in [3.8, 4) is 11.3 Å². The zero-order chi connectivity index (χ0) is 23.5. The summed E-state index contributed by atoms with van der Waals surface area (Å²) in [5.74, 6) is 1.33. The quantitative estimate of drug-likeness (QED) is 0.411. The standard InChI is InChI=1S/C27H28N6S/c1-19(2)25-18-32(26-17-29-24(16-30-26)20-8-4-3-5-9-20)14-15-33(25)27(34)31-23-12-6-11-22-21(23)10-7-13-28-22/h3-13,16-17,19,25H,14-15,18H2,1-2H3,(H,31,34). The Hall–Kier alpha value is -3.58. The van der Waals surface area contributed by atoms with Gasteiger partial charge in [0.25, 0.3) is 0 Å². The van der Waals surface area contributed by atoms with Gasteiger partial charge in [0.2, 0.25) is 0 Å². The fourth-order valence-electron chi connectivity index (χ4n) is 4.48. The van der Waals surface area contributed by atoms with Crippen LogP contribution in [0.2, 0.25) is 0 Å². The first-order valence-corrected chi connectivity index (χ1v) is 12.0.